The zero-order valence-corrected chi connectivity index (χ0v) is 22.8. The summed E-state index contributed by atoms with van der Waals surface area (Å²) in [6.07, 6.45) is 13.4. The number of carbonyl (C=O) groups is 1. The van der Waals surface area contributed by atoms with Crippen LogP contribution in [0.3, 0.4) is 0 Å². The summed E-state index contributed by atoms with van der Waals surface area (Å²) >= 11 is 0. The van der Waals surface area contributed by atoms with Crippen LogP contribution in [0, 0.1) is 5.92 Å². The Balaban J connectivity index is 1.26. The van der Waals surface area contributed by atoms with Crippen molar-refractivity contribution in [1.82, 2.24) is 35.1 Å². The van der Waals surface area contributed by atoms with E-state index in [4.69, 9.17) is 4.98 Å². The lowest BCUT2D eigenvalue weighted by molar-refractivity contribution is -0.120. The molecule has 7 rings (SSSR count). The zero-order valence-electron chi connectivity index (χ0n) is 22.8. The molecule has 1 aromatic carbocycles. The van der Waals surface area contributed by atoms with Gasteiger partial charge in [-0.1, -0.05) is 38.3 Å². The van der Waals surface area contributed by atoms with Crippen LogP contribution in [0.2, 0.25) is 0 Å². The third-order valence-corrected chi connectivity index (χ3v) is 7.96. The molecule has 41 heavy (non-hydrogen) atoms. The van der Waals surface area contributed by atoms with Gasteiger partial charge < -0.3 is 10.3 Å². The summed E-state index contributed by atoms with van der Waals surface area (Å²) in [7, 11) is 0. The number of aryl methyl sites for hydroxylation is 1. The number of hydrogen-bond acceptors (Lipinski definition) is 6. The van der Waals surface area contributed by atoms with Crippen molar-refractivity contribution in [3.05, 3.63) is 72.8 Å². The highest BCUT2D eigenvalue weighted by Crippen LogP contribution is 2.33. The highest BCUT2D eigenvalue weighted by Gasteiger charge is 2.22. The van der Waals surface area contributed by atoms with E-state index >= 15 is 0 Å². The topological polar surface area (TPSA) is 125 Å². The summed E-state index contributed by atoms with van der Waals surface area (Å²) in [6, 6.07) is 14.1. The number of aromatic amines is 2. The summed E-state index contributed by atoms with van der Waals surface area (Å²) in [5.41, 5.74) is 8.52. The van der Waals surface area contributed by atoms with E-state index in [1.54, 1.807) is 18.6 Å². The van der Waals surface area contributed by atoms with Crippen molar-refractivity contribution in [2.75, 3.05) is 5.32 Å². The molecule has 1 fully saturated rings. The molecule has 0 spiro atoms. The molecule has 1 aliphatic rings. The van der Waals surface area contributed by atoms with E-state index in [9.17, 15) is 4.79 Å². The first kappa shape index (κ1) is 25.1. The summed E-state index contributed by atoms with van der Waals surface area (Å²) in [5, 5.41) is 11.6. The molecule has 0 saturated heterocycles. The Kier molecular flexibility index (Phi) is 6.47. The van der Waals surface area contributed by atoms with Crippen molar-refractivity contribution >= 4 is 33.7 Å². The highest BCUT2D eigenvalue weighted by atomic mass is 16.1. The summed E-state index contributed by atoms with van der Waals surface area (Å²) < 4.78 is 0. The maximum absolute atomic E-state index is 13.0. The Labute approximate surface area is 236 Å². The van der Waals surface area contributed by atoms with Gasteiger partial charge in [-0.05, 0) is 60.7 Å². The lowest BCUT2D eigenvalue weighted by Crippen LogP contribution is -2.24. The quantitative estimate of drug-likeness (QED) is 0.215. The van der Waals surface area contributed by atoms with E-state index in [1.165, 1.54) is 6.42 Å². The molecule has 5 heterocycles. The predicted octanol–water partition coefficient (Wildman–Crippen LogP) is 6.71. The van der Waals surface area contributed by atoms with Crippen LogP contribution in [0.25, 0.3) is 56.0 Å². The van der Waals surface area contributed by atoms with E-state index in [0.717, 1.165) is 87.9 Å². The number of hydrogen-bond donors (Lipinski definition) is 3. The van der Waals surface area contributed by atoms with E-state index in [0.29, 0.717) is 11.5 Å². The average molecular weight is 543 g/mol. The Morgan fingerprint density at radius 1 is 1.00 bits per heavy atom. The number of imidazole rings is 1. The summed E-state index contributed by atoms with van der Waals surface area (Å²) in [4.78, 5) is 34.8. The Morgan fingerprint density at radius 2 is 1.90 bits per heavy atom. The largest absolute Gasteiger partial charge is 0.335 e. The molecule has 0 unspecified atom stereocenters. The minimum Gasteiger partial charge on any atom is -0.335 e. The average Bonchev–Trinajstić information content (AvgIpc) is 3.65. The molecule has 1 saturated carbocycles. The van der Waals surface area contributed by atoms with Gasteiger partial charge in [-0.3, -0.25) is 19.9 Å². The van der Waals surface area contributed by atoms with Crippen molar-refractivity contribution in [2.45, 2.75) is 45.4 Å². The van der Waals surface area contributed by atoms with Gasteiger partial charge in [0.2, 0.25) is 5.91 Å². The van der Waals surface area contributed by atoms with Gasteiger partial charge in [0, 0.05) is 41.3 Å². The van der Waals surface area contributed by atoms with Crippen LogP contribution in [-0.2, 0) is 11.2 Å². The summed E-state index contributed by atoms with van der Waals surface area (Å²) in [6.45, 7) is 2.12. The molecular formula is C32H30N8O. The normalized spacial score (nSPS) is 14.1. The van der Waals surface area contributed by atoms with Gasteiger partial charge in [0.15, 0.2) is 11.5 Å². The van der Waals surface area contributed by atoms with Crippen LogP contribution >= 0.6 is 0 Å². The van der Waals surface area contributed by atoms with Crippen LogP contribution in [0.5, 0.6) is 0 Å². The third-order valence-electron chi connectivity index (χ3n) is 7.96. The number of anilines is 1. The fraction of sp³-hybridized carbons (Fsp3) is 0.250. The number of fused-ring (bicyclic) bond motifs is 2. The molecule has 204 valence electrons. The first-order chi connectivity index (χ1) is 20.2. The van der Waals surface area contributed by atoms with Crippen LogP contribution in [0.4, 0.5) is 5.69 Å². The molecule has 9 nitrogen and oxygen atoms in total. The maximum atomic E-state index is 13.0. The second kappa shape index (κ2) is 10.6. The van der Waals surface area contributed by atoms with Crippen LogP contribution < -0.4 is 5.32 Å². The van der Waals surface area contributed by atoms with Gasteiger partial charge in [0.25, 0.3) is 0 Å². The first-order valence-corrected chi connectivity index (χ1v) is 14.2. The fourth-order valence-corrected chi connectivity index (χ4v) is 5.74. The van der Waals surface area contributed by atoms with Crippen LogP contribution in [0.15, 0.2) is 67.3 Å². The van der Waals surface area contributed by atoms with Crippen molar-refractivity contribution in [2.24, 2.45) is 5.92 Å². The van der Waals surface area contributed by atoms with E-state index in [-0.39, 0.29) is 11.8 Å². The Bertz CT molecular complexity index is 1870. The smallest absolute Gasteiger partial charge is 0.227 e. The molecule has 0 radical (unpaired) electrons. The lowest BCUT2D eigenvalue weighted by Gasteiger charge is -2.21. The Hall–Kier alpha value is -4.92. The molecule has 3 N–H and O–H groups in total. The predicted molar refractivity (Wildman–Crippen MR) is 160 cm³/mol. The Morgan fingerprint density at radius 3 is 2.73 bits per heavy atom. The number of amides is 1. The molecule has 9 heteroatoms. The number of H-pyrrole nitrogens is 2. The van der Waals surface area contributed by atoms with Gasteiger partial charge in [-0.25, -0.2) is 9.97 Å². The van der Waals surface area contributed by atoms with E-state index in [2.05, 4.69) is 60.6 Å². The first-order valence-electron chi connectivity index (χ1n) is 14.2. The molecule has 0 aliphatic heterocycles. The lowest BCUT2D eigenvalue weighted by atomic mass is 9.88. The van der Waals surface area contributed by atoms with Crippen molar-refractivity contribution in [3.8, 4) is 33.9 Å². The minimum atomic E-state index is 0.0983. The number of carbonyl (C=O) groups excluding carboxylic acids is 1. The highest BCUT2D eigenvalue weighted by molar-refractivity contribution is 5.97. The van der Waals surface area contributed by atoms with Crippen molar-refractivity contribution in [1.29, 1.82) is 0 Å². The molecule has 6 aromatic rings. The van der Waals surface area contributed by atoms with Gasteiger partial charge >= 0.3 is 0 Å². The molecule has 1 amide bonds. The minimum absolute atomic E-state index is 0.0983. The fourth-order valence-electron chi connectivity index (χ4n) is 5.74. The molecular weight excluding hydrogens is 512 g/mol. The summed E-state index contributed by atoms with van der Waals surface area (Å²) in [5.74, 6) is 0.870. The number of rotatable bonds is 6. The number of pyridine rings is 3. The number of nitrogens with zero attached hydrogens (tertiary/aromatic N) is 5. The number of nitrogens with one attached hydrogen (secondary N) is 3. The van der Waals surface area contributed by atoms with Gasteiger partial charge in [-0.2, -0.15) is 5.10 Å². The van der Waals surface area contributed by atoms with Crippen LogP contribution in [-0.4, -0.2) is 41.0 Å². The zero-order chi connectivity index (χ0) is 27.8. The number of benzene rings is 1. The van der Waals surface area contributed by atoms with Gasteiger partial charge in [0.05, 0.1) is 22.8 Å². The standard InChI is InChI=1S/C32H30N8O/c1-2-19-12-21(14-23(13-19)36-32(41)20-8-4-3-5-9-20)22-15-24-29(39-40-30(24)35-16-22)31-37-27-18-33-17-25(28(27)38-31)26-10-6-7-11-34-26/h6-7,10-18,20H,2-5,8-9H2,1H3,(H,36,41)(H,37,38)(H,35,39,40). The second-order valence-electron chi connectivity index (χ2n) is 10.7. The van der Waals surface area contributed by atoms with E-state index < -0.39 is 0 Å². The maximum Gasteiger partial charge on any atom is 0.227 e. The van der Waals surface area contributed by atoms with Gasteiger partial charge in [0.1, 0.15) is 11.2 Å². The van der Waals surface area contributed by atoms with E-state index in [1.807, 2.05) is 30.5 Å². The van der Waals surface area contributed by atoms with Gasteiger partial charge in [-0.15, -0.1) is 0 Å². The van der Waals surface area contributed by atoms with Crippen molar-refractivity contribution < 1.29 is 4.79 Å². The number of aromatic nitrogens is 7. The molecule has 5 aromatic heterocycles. The molecule has 1 aliphatic carbocycles. The SMILES string of the molecule is CCc1cc(NC(=O)C2CCCCC2)cc(-c2cnc3n[nH]c(-c4nc5c(-c6ccccn6)cncc5[nH]4)c3c2)c1. The third kappa shape index (κ3) is 4.84. The molecule has 0 bridgehead atoms. The second-order valence-corrected chi connectivity index (χ2v) is 10.7. The molecule has 0 atom stereocenters. The van der Waals surface area contributed by atoms with Crippen LogP contribution in [0.1, 0.15) is 44.6 Å². The monoisotopic (exact) mass is 542 g/mol. The van der Waals surface area contributed by atoms with Crippen molar-refractivity contribution in [3.63, 3.8) is 0 Å².